The van der Waals surface area contributed by atoms with Crippen LogP contribution >= 0.6 is 11.6 Å². The van der Waals surface area contributed by atoms with Crippen LogP contribution in [0.3, 0.4) is 0 Å². The molecule has 0 spiro atoms. The average molecular weight is 431 g/mol. The van der Waals surface area contributed by atoms with E-state index in [1.54, 1.807) is 55.5 Å². The first-order chi connectivity index (χ1) is 13.7. The largest absolute Gasteiger partial charge is 0.488 e. The summed E-state index contributed by atoms with van der Waals surface area (Å²) in [6.07, 6.45) is 0. The molecule has 0 unspecified atom stereocenters. The van der Waals surface area contributed by atoms with Gasteiger partial charge in [0.25, 0.3) is 5.91 Å². The highest BCUT2D eigenvalue weighted by Gasteiger charge is 2.16. The Labute approximate surface area is 174 Å². The molecule has 6 nitrogen and oxygen atoms in total. The van der Waals surface area contributed by atoms with E-state index in [2.05, 4.69) is 5.32 Å². The van der Waals surface area contributed by atoms with Gasteiger partial charge in [-0.05, 0) is 54.4 Å². The van der Waals surface area contributed by atoms with E-state index < -0.39 is 15.9 Å². The number of rotatable bonds is 6. The number of para-hydroxylation sites is 1. The van der Waals surface area contributed by atoms with Crippen LogP contribution in [0.5, 0.6) is 5.75 Å². The van der Waals surface area contributed by atoms with E-state index in [1.807, 2.05) is 12.1 Å². The van der Waals surface area contributed by atoms with Gasteiger partial charge in [-0.3, -0.25) is 4.79 Å². The molecule has 0 atom stereocenters. The third-order valence-corrected chi connectivity index (χ3v) is 5.50. The van der Waals surface area contributed by atoms with E-state index >= 15 is 0 Å². The number of amides is 1. The monoisotopic (exact) mass is 430 g/mol. The van der Waals surface area contributed by atoms with E-state index in [4.69, 9.17) is 21.5 Å². The molecule has 0 bridgehead atoms. The maximum Gasteiger partial charge on any atom is 0.259 e. The van der Waals surface area contributed by atoms with Gasteiger partial charge >= 0.3 is 0 Å². The summed E-state index contributed by atoms with van der Waals surface area (Å²) in [6, 6.07) is 18.5. The standard InChI is InChI=1S/C21H19ClN2O4S/c1-14-6-11-17(12-20(14)29(23,26)27)24-21(25)18-4-2-3-5-19(18)28-13-15-7-9-16(22)10-8-15/h2-12H,13H2,1H3,(H,24,25)(H2,23,26,27). The molecule has 0 radical (unpaired) electrons. The summed E-state index contributed by atoms with van der Waals surface area (Å²) in [6.45, 7) is 1.90. The van der Waals surface area contributed by atoms with E-state index in [-0.39, 0.29) is 11.5 Å². The lowest BCUT2D eigenvalue weighted by atomic mass is 10.1. The molecule has 1 amide bonds. The third kappa shape index (κ3) is 5.35. The zero-order valence-electron chi connectivity index (χ0n) is 15.6. The van der Waals surface area contributed by atoms with E-state index in [9.17, 15) is 13.2 Å². The number of halogens is 1. The number of sulfonamides is 1. The van der Waals surface area contributed by atoms with E-state index in [1.165, 1.54) is 6.07 Å². The van der Waals surface area contributed by atoms with Crippen molar-refractivity contribution < 1.29 is 17.9 Å². The molecule has 0 fully saturated rings. The number of aryl methyl sites for hydroxylation is 1. The molecule has 3 aromatic carbocycles. The van der Waals surface area contributed by atoms with Gasteiger partial charge in [-0.15, -0.1) is 0 Å². The zero-order chi connectivity index (χ0) is 21.0. The second kappa shape index (κ2) is 8.65. The molecule has 0 aliphatic rings. The van der Waals surface area contributed by atoms with Crippen molar-refractivity contribution >= 4 is 33.2 Å². The molecule has 0 aliphatic carbocycles. The number of ether oxygens (including phenoxy) is 1. The summed E-state index contributed by atoms with van der Waals surface area (Å²) in [4.78, 5) is 12.7. The highest BCUT2D eigenvalue weighted by atomic mass is 35.5. The fourth-order valence-corrected chi connectivity index (χ4v) is 3.64. The number of anilines is 1. The molecule has 3 N–H and O–H groups in total. The van der Waals surface area contributed by atoms with Crippen molar-refractivity contribution in [1.29, 1.82) is 0 Å². The van der Waals surface area contributed by atoms with Crippen molar-refractivity contribution in [3.05, 3.63) is 88.4 Å². The van der Waals surface area contributed by atoms with E-state index in [0.717, 1.165) is 5.56 Å². The Morgan fingerprint density at radius 3 is 2.45 bits per heavy atom. The second-order valence-corrected chi connectivity index (χ2v) is 8.36. The van der Waals surface area contributed by atoms with Crippen LogP contribution in [0.15, 0.2) is 71.6 Å². The Morgan fingerprint density at radius 2 is 1.76 bits per heavy atom. The summed E-state index contributed by atoms with van der Waals surface area (Å²) in [5.41, 5.74) is 2.04. The number of hydrogen-bond donors (Lipinski definition) is 2. The summed E-state index contributed by atoms with van der Waals surface area (Å²) in [5.74, 6) is -0.0281. The van der Waals surface area contributed by atoms with E-state index in [0.29, 0.717) is 27.6 Å². The van der Waals surface area contributed by atoms with Crippen LogP contribution in [0.2, 0.25) is 5.02 Å². The summed E-state index contributed by atoms with van der Waals surface area (Å²) in [7, 11) is -3.89. The maximum atomic E-state index is 12.7. The lowest BCUT2D eigenvalue weighted by molar-refractivity contribution is 0.102. The minimum absolute atomic E-state index is 0.0393. The van der Waals surface area contributed by atoms with Crippen LogP contribution in [0.4, 0.5) is 5.69 Å². The molecule has 150 valence electrons. The molecule has 0 aliphatic heterocycles. The van der Waals surface area contributed by atoms with Crippen molar-refractivity contribution in [2.75, 3.05) is 5.32 Å². The lowest BCUT2D eigenvalue weighted by Gasteiger charge is -2.13. The molecule has 3 aromatic rings. The second-order valence-electron chi connectivity index (χ2n) is 6.39. The Balaban J connectivity index is 1.79. The molecule has 3 rings (SSSR count). The summed E-state index contributed by atoms with van der Waals surface area (Å²) in [5, 5.41) is 8.55. The zero-order valence-corrected chi connectivity index (χ0v) is 17.1. The smallest absolute Gasteiger partial charge is 0.259 e. The van der Waals surface area contributed by atoms with Gasteiger partial charge in [0.15, 0.2) is 0 Å². The van der Waals surface area contributed by atoms with Crippen LogP contribution in [0, 0.1) is 6.92 Å². The molecular weight excluding hydrogens is 412 g/mol. The van der Waals surface area contributed by atoms with Crippen LogP contribution in [-0.2, 0) is 16.6 Å². The molecule has 0 heterocycles. The maximum absolute atomic E-state index is 12.7. The first-order valence-electron chi connectivity index (χ1n) is 8.65. The van der Waals surface area contributed by atoms with Crippen LogP contribution < -0.4 is 15.2 Å². The topological polar surface area (TPSA) is 98.5 Å². The van der Waals surface area contributed by atoms with Crippen LogP contribution in [0.25, 0.3) is 0 Å². The van der Waals surface area contributed by atoms with Crippen LogP contribution in [0.1, 0.15) is 21.5 Å². The first kappa shape index (κ1) is 20.9. The lowest BCUT2D eigenvalue weighted by Crippen LogP contribution is -2.16. The van der Waals surface area contributed by atoms with Gasteiger partial charge in [-0.2, -0.15) is 0 Å². The molecule has 8 heteroatoms. The van der Waals surface area contributed by atoms with Crippen molar-refractivity contribution in [1.82, 2.24) is 0 Å². The van der Waals surface area contributed by atoms with Crippen molar-refractivity contribution in [2.24, 2.45) is 5.14 Å². The predicted molar refractivity (Wildman–Crippen MR) is 113 cm³/mol. The van der Waals surface area contributed by atoms with Crippen molar-refractivity contribution in [2.45, 2.75) is 18.4 Å². The van der Waals surface area contributed by atoms with Gasteiger partial charge in [0.1, 0.15) is 12.4 Å². The quantitative estimate of drug-likeness (QED) is 0.614. The van der Waals surface area contributed by atoms with Gasteiger partial charge in [0, 0.05) is 10.7 Å². The highest BCUT2D eigenvalue weighted by Crippen LogP contribution is 2.23. The molecule has 0 saturated carbocycles. The van der Waals surface area contributed by atoms with Gasteiger partial charge in [0.2, 0.25) is 10.0 Å². The van der Waals surface area contributed by atoms with Crippen molar-refractivity contribution in [3.63, 3.8) is 0 Å². The molecule has 0 aromatic heterocycles. The fourth-order valence-electron chi connectivity index (χ4n) is 2.70. The number of benzene rings is 3. The first-order valence-corrected chi connectivity index (χ1v) is 10.6. The Hall–Kier alpha value is -2.87. The fraction of sp³-hybridized carbons (Fsp3) is 0.0952. The highest BCUT2D eigenvalue weighted by molar-refractivity contribution is 7.89. The SMILES string of the molecule is Cc1ccc(NC(=O)c2ccccc2OCc2ccc(Cl)cc2)cc1S(N)(=O)=O. The predicted octanol–water partition coefficient (Wildman–Crippen LogP) is 4.13. The van der Waals surface area contributed by atoms with Gasteiger partial charge < -0.3 is 10.1 Å². The number of hydrogen-bond acceptors (Lipinski definition) is 4. The average Bonchev–Trinajstić information content (AvgIpc) is 2.68. The van der Waals surface area contributed by atoms with Crippen molar-refractivity contribution in [3.8, 4) is 5.75 Å². The molecule has 29 heavy (non-hydrogen) atoms. The Kier molecular flexibility index (Phi) is 6.22. The minimum atomic E-state index is -3.89. The van der Waals surface area contributed by atoms with Crippen LogP contribution in [-0.4, -0.2) is 14.3 Å². The van der Waals surface area contributed by atoms with Gasteiger partial charge in [-0.25, -0.2) is 13.6 Å². The third-order valence-electron chi connectivity index (χ3n) is 4.19. The number of nitrogens with two attached hydrogens (primary N) is 1. The normalized spacial score (nSPS) is 11.1. The van der Waals surface area contributed by atoms with Gasteiger partial charge in [-0.1, -0.05) is 41.9 Å². The summed E-state index contributed by atoms with van der Waals surface area (Å²) >= 11 is 5.88. The Bertz CT molecular complexity index is 1150. The number of nitrogens with one attached hydrogen (secondary N) is 1. The summed E-state index contributed by atoms with van der Waals surface area (Å²) < 4.78 is 29.2. The number of primary sulfonamides is 1. The minimum Gasteiger partial charge on any atom is -0.488 e. The molecule has 0 saturated heterocycles. The Morgan fingerprint density at radius 1 is 1.07 bits per heavy atom. The number of carbonyl (C=O) groups excluding carboxylic acids is 1. The van der Waals surface area contributed by atoms with Gasteiger partial charge in [0.05, 0.1) is 10.5 Å². The number of carbonyl (C=O) groups is 1. The molecular formula is C21H19ClN2O4S.